The first-order valence-electron chi connectivity index (χ1n) is 5.16. The lowest BCUT2D eigenvalue weighted by Crippen LogP contribution is -2.09. The predicted octanol–water partition coefficient (Wildman–Crippen LogP) is 2.54. The van der Waals surface area contributed by atoms with Crippen molar-refractivity contribution in [1.82, 2.24) is 4.57 Å². The quantitative estimate of drug-likeness (QED) is 0.793. The second-order valence-corrected chi connectivity index (χ2v) is 3.96. The second-order valence-electron chi connectivity index (χ2n) is 3.96. The van der Waals surface area contributed by atoms with E-state index >= 15 is 0 Å². The molecule has 0 aliphatic rings. The number of nitrogens with zero attached hydrogens (tertiary/aromatic N) is 1. The molecule has 2 nitrogen and oxygen atoms in total. The fourth-order valence-electron chi connectivity index (χ4n) is 1.67. The molecular weight excluding hydrogens is 184 g/mol. The van der Waals surface area contributed by atoms with Gasteiger partial charge in [-0.1, -0.05) is 18.2 Å². The molecule has 2 N–H and O–H groups in total. The molecule has 1 heterocycles. The van der Waals surface area contributed by atoms with Crippen molar-refractivity contribution in [3.05, 3.63) is 42.1 Å². The van der Waals surface area contributed by atoms with E-state index in [2.05, 4.69) is 48.2 Å². The number of aromatic nitrogens is 1. The molecule has 1 atom stereocenters. The minimum Gasteiger partial charge on any atom is -0.351 e. The first kappa shape index (κ1) is 9.99. The summed E-state index contributed by atoms with van der Waals surface area (Å²) in [6, 6.07) is 8.65. The SMILES string of the molecule is CC(N)/C=C/c1ccc2c(ccn2C)c1. The summed E-state index contributed by atoms with van der Waals surface area (Å²) in [5, 5.41) is 1.27. The van der Waals surface area contributed by atoms with Crippen molar-refractivity contribution in [3.8, 4) is 0 Å². The van der Waals surface area contributed by atoms with Gasteiger partial charge in [-0.3, -0.25) is 0 Å². The molecule has 1 aromatic carbocycles. The summed E-state index contributed by atoms with van der Waals surface area (Å²) < 4.78 is 2.12. The fourth-order valence-corrected chi connectivity index (χ4v) is 1.67. The molecule has 0 saturated carbocycles. The Balaban J connectivity index is 2.39. The lowest BCUT2D eigenvalue weighted by Gasteiger charge is -1.99. The van der Waals surface area contributed by atoms with Gasteiger partial charge in [-0.15, -0.1) is 0 Å². The highest BCUT2D eigenvalue weighted by Gasteiger charge is 1.97. The van der Waals surface area contributed by atoms with Gasteiger partial charge in [-0.25, -0.2) is 0 Å². The molecule has 78 valence electrons. The van der Waals surface area contributed by atoms with Crippen LogP contribution in [0, 0.1) is 0 Å². The summed E-state index contributed by atoms with van der Waals surface area (Å²) in [4.78, 5) is 0. The molecule has 0 saturated heterocycles. The lowest BCUT2D eigenvalue weighted by molar-refractivity contribution is 0.931. The van der Waals surface area contributed by atoms with Crippen LogP contribution in [0.2, 0.25) is 0 Å². The maximum absolute atomic E-state index is 5.67. The fraction of sp³-hybridized carbons (Fsp3) is 0.231. The summed E-state index contributed by atoms with van der Waals surface area (Å²) >= 11 is 0. The van der Waals surface area contributed by atoms with Gasteiger partial charge in [0.2, 0.25) is 0 Å². The van der Waals surface area contributed by atoms with Gasteiger partial charge in [-0.2, -0.15) is 0 Å². The molecule has 2 rings (SSSR count). The summed E-state index contributed by atoms with van der Waals surface area (Å²) in [5.41, 5.74) is 8.12. The van der Waals surface area contributed by atoms with Gasteiger partial charge in [0.25, 0.3) is 0 Å². The van der Waals surface area contributed by atoms with Crippen LogP contribution in [0.5, 0.6) is 0 Å². The molecule has 2 aromatic rings. The topological polar surface area (TPSA) is 30.9 Å². The smallest absolute Gasteiger partial charge is 0.0478 e. The van der Waals surface area contributed by atoms with Crippen molar-refractivity contribution in [2.24, 2.45) is 12.8 Å². The minimum atomic E-state index is 0.108. The molecule has 2 heteroatoms. The van der Waals surface area contributed by atoms with E-state index in [0.717, 1.165) is 0 Å². The zero-order valence-corrected chi connectivity index (χ0v) is 9.14. The van der Waals surface area contributed by atoms with Gasteiger partial charge < -0.3 is 10.3 Å². The Morgan fingerprint density at radius 3 is 2.87 bits per heavy atom. The maximum atomic E-state index is 5.67. The Morgan fingerprint density at radius 1 is 1.33 bits per heavy atom. The van der Waals surface area contributed by atoms with E-state index in [1.165, 1.54) is 16.5 Å². The van der Waals surface area contributed by atoms with E-state index in [0.29, 0.717) is 0 Å². The third kappa shape index (κ3) is 2.10. The molecular formula is C13H16N2. The summed E-state index contributed by atoms with van der Waals surface area (Å²) in [5.74, 6) is 0. The average Bonchev–Trinajstić information content (AvgIpc) is 2.57. The van der Waals surface area contributed by atoms with Crippen LogP contribution in [-0.2, 0) is 7.05 Å². The molecule has 1 aromatic heterocycles. The van der Waals surface area contributed by atoms with Crippen LogP contribution in [0.1, 0.15) is 12.5 Å². The molecule has 0 bridgehead atoms. The van der Waals surface area contributed by atoms with Crippen LogP contribution in [-0.4, -0.2) is 10.6 Å². The Kier molecular flexibility index (Phi) is 2.60. The van der Waals surface area contributed by atoms with Crippen LogP contribution in [0.4, 0.5) is 0 Å². The van der Waals surface area contributed by atoms with Gasteiger partial charge in [0, 0.05) is 30.2 Å². The number of aryl methyl sites for hydroxylation is 1. The van der Waals surface area contributed by atoms with Crippen LogP contribution in [0.3, 0.4) is 0 Å². The van der Waals surface area contributed by atoms with Crippen molar-refractivity contribution in [2.75, 3.05) is 0 Å². The van der Waals surface area contributed by atoms with Crippen LogP contribution in [0.15, 0.2) is 36.5 Å². The summed E-state index contributed by atoms with van der Waals surface area (Å²) in [7, 11) is 2.06. The van der Waals surface area contributed by atoms with Crippen LogP contribution in [0.25, 0.3) is 17.0 Å². The largest absolute Gasteiger partial charge is 0.351 e. The Labute approximate surface area is 90.0 Å². The molecule has 0 radical (unpaired) electrons. The number of benzene rings is 1. The standard InChI is InChI=1S/C13H16N2/c1-10(14)3-4-11-5-6-13-12(9-11)7-8-15(13)2/h3-10H,14H2,1-2H3/b4-3+. The van der Waals surface area contributed by atoms with Crippen molar-refractivity contribution >= 4 is 17.0 Å². The first-order chi connectivity index (χ1) is 7.16. The van der Waals surface area contributed by atoms with Gasteiger partial charge in [-0.05, 0) is 30.7 Å². The highest BCUT2D eigenvalue weighted by molar-refractivity contribution is 5.82. The van der Waals surface area contributed by atoms with Gasteiger partial charge >= 0.3 is 0 Å². The highest BCUT2D eigenvalue weighted by Crippen LogP contribution is 2.17. The van der Waals surface area contributed by atoms with E-state index < -0.39 is 0 Å². The number of rotatable bonds is 2. The molecule has 0 spiro atoms. The second kappa shape index (κ2) is 3.91. The number of hydrogen-bond acceptors (Lipinski definition) is 1. The summed E-state index contributed by atoms with van der Waals surface area (Å²) in [6.45, 7) is 1.97. The normalized spacial score (nSPS) is 13.8. The zero-order valence-electron chi connectivity index (χ0n) is 9.14. The summed E-state index contributed by atoms with van der Waals surface area (Å²) in [6.07, 6.45) is 6.14. The molecule has 0 aliphatic carbocycles. The lowest BCUT2D eigenvalue weighted by atomic mass is 10.1. The van der Waals surface area contributed by atoms with E-state index in [-0.39, 0.29) is 6.04 Å². The number of fused-ring (bicyclic) bond motifs is 1. The average molecular weight is 200 g/mol. The number of hydrogen-bond donors (Lipinski definition) is 1. The first-order valence-corrected chi connectivity index (χ1v) is 5.16. The van der Waals surface area contributed by atoms with E-state index in [1.807, 2.05) is 13.0 Å². The maximum Gasteiger partial charge on any atom is 0.0478 e. The van der Waals surface area contributed by atoms with Crippen LogP contribution >= 0.6 is 0 Å². The number of nitrogens with two attached hydrogens (primary N) is 1. The third-order valence-corrected chi connectivity index (χ3v) is 2.50. The van der Waals surface area contributed by atoms with Crippen molar-refractivity contribution in [1.29, 1.82) is 0 Å². The van der Waals surface area contributed by atoms with Gasteiger partial charge in [0.05, 0.1) is 0 Å². The Hall–Kier alpha value is -1.54. The van der Waals surface area contributed by atoms with Gasteiger partial charge in [0.1, 0.15) is 0 Å². The molecule has 15 heavy (non-hydrogen) atoms. The van der Waals surface area contributed by atoms with Crippen molar-refractivity contribution in [2.45, 2.75) is 13.0 Å². The highest BCUT2D eigenvalue weighted by atomic mass is 14.9. The minimum absolute atomic E-state index is 0.108. The van der Waals surface area contributed by atoms with E-state index in [9.17, 15) is 0 Å². The Bertz CT molecular complexity index is 492. The predicted molar refractivity (Wildman–Crippen MR) is 65.6 cm³/mol. The molecule has 0 aliphatic heterocycles. The Morgan fingerprint density at radius 2 is 2.13 bits per heavy atom. The monoisotopic (exact) mass is 200 g/mol. The molecule has 0 amide bonds. The van der Waals surface area contributed by atoms with Crippen molar-refractivity contribution < 1.29 is 0 Å². The molecule has 1 unspecified atom stereocenters. The van der Waals surface area contributed by atoms with E-state index in [1.54, 1.807) is 0 Å². The molecule has 0 fully saturated rings. The third-order valence-electron chi connectivity index (χ3n) is 2.50. The zero-order chi connectivity index (χ0) is 10.8. The van der Waals surface area contributed by atoms with Gasteiger partial charge in [0.15, 0.2) is 0 Å². The van der Waals surface area contributed by atoms with Crippen LogP contribution < -0.4 is 5.73 Å². The van der Waals surface area contributed by atoms with E-state index in [4.69, 9.17) is 5.73 Å². The van der Waals surface area contributed by atoms with Crippen molar-refractivity contribution in [3.63, 3.8) is 0 Å².